The largest absolute Gasteiger partial charge is 0.501 e. The molecule has 162 valence electrons. The number of sulfone groups is 1. The van der Waals surface area contributed by atoms with Gasteiger partial charge in [-0.1, -0.05) is 6.92 Å². The SMILES string of the molecule is CCC(C)(C)NC(=O)c1ccc(NC(=O)c2ccc(S(=O)(=O)C(F)(F)F)cc2)cc1. The molecule has 6 nitrogen and oxygen atoms in total. The van der Waals surface area contributed by atoms with E-state index >= 15 is 0 Å². The summed E-state index contributed by atoms with van der Waals surface area (Å²) in [7, 11) is -5.48. The average Bonchev–Trinajstić information content (AvgIpc) is 2.67. The molecule has 2 N–H and O–H groups in total. The minimum Gasteiger partial charge on any atom is -0.347 e. The Bertz CT molecular complexity index is 1030. The summed E-state index contributed by atoms with van der Waals surface area (Å²) in [5.74, 6) is -0.906. The molecule has 0 bridgehead atoms. The first-order valence-corrected chi connectivity index (χ1v) is 10.4. The van der Waals surface area contributed by atoms with E-state index in [4.69, 9.17) is 0 Å². The van der Waals surface area contributed by atoms with E-state index in [9.17, 15) is 31.2 Å². The molecule has 0 aliphatic carbocycles. The monoisotopic (exact) mass is 442 g/mol. The van der Waals surface area contributed by atoms with Gasteiger partial charge in [0.15, 0.2) is 0 Å². The fourth-order valence-corrected chi connectivity index (χ4v) is 3.06. The van der Waals surface area contributed by atoms with Crippen molar-refractivity contribution in [3.8, 4) is 0 Å². The zero-order chi connectivity index (χ0) is 22.7. The second-order valence-electron chi connectivity index (χ2n) is 7.20. The van der Waals surface area contributed by atoms with Gasteiger partial charge in [0.25, 0.3) is 21.7 Å². The first-order chi connectivity index (χ1) is 13.8. The highest BCUT2D eigenvalue weighted by Gasteiger charge is 2.46. The summed E-state index contributed by atoms with van der Waals surface area (Å²) in [5.41, 5.74) is -5.05. The first-order valence-electron chi connectivity index (χ1n) is 8.92. The van der Waals surface area contributed by atoms with Gasteiger partial charge in [-0.3, -0.25) is 9.59 Å². The van der Waals surface area contributed by atoms with Gasteiger partial charge in [0.1, 0.15) is 0 Å². The van der Waals surface area contributed by atoms with Gasteiger partial charge in [0.05, 0.1) is 4.90 Å². The number of carbonyl (C=O) groups is 2. The van der Waals surface area contributed by atoms with Crippen LogP contribution in [0.3, 0.4) is 0 Å². The van der Waals surface area contributed by atoms with Crippen LogP contribution in [0.25, 0.3) is 0 Å². The van der Waals surface area contributed by atoms with Gasteiger partial charge in [-0.2, -0.15) is 13.2 Å². The molecule has 0 spiro atoms. The van der Waals surface area contributed by atoms with Crippen LogP contribution in [0.5, 0.6) is 0 Å². The summed E-state index contributed by atoms with van der Waals surface area (Å²) in [6.07, 6.45) is 0.746. The summed E-state index contributed by atoms with van der Waals surface area (Å²) in [5, 5.41) is 5.41. The Labute approximate surface area is 172 Å². The van der Waals surface area contributed by atoms with Crippen LogP contribution in [-0.2, 0) is 9.84 Å². The molecular weight excluding hydrogens is 421 g/mol. The Kier molecular flexibility index (Phi) is 6.60. The number of rotatable bonds is 6. The van der Waals surface area contributed by atoms with Crippen LogP contribution in [0, 0.1) is 0 Å². The molecule has 0 saturated carbocycles. The molecule has 0 aliphatic rings. The van der Waals surface area contributed by atoms with E-state index in [1.807, 2.05) is 20.8 Å². The van der Waals surface area contributed by atoms with Crippen LogP contribution in [0.15, 0.2) is 53.4 Å². The molecule has 2 rings (SSSR count). The molecule has 0 radical (unpaired) electrons. The summed E-state index contributed by atoms with van der Waals surface area (Å²) in [6.45, 7) is 5.74. The van der Waals surface area contributed by atoms with E-state index < -0.39 is 26.1 Å². The third-order valence-electron chi connectivity index (χ3n) is 4.47. The lowest BCUT2D eigenvalue weighted by atomic mass is 10.0. The van der Waals surface area contributed by atoms with Crippen molar-refractivity contribution in [3.05, 3.63) is 59.7 Å². The normalized spacial score (nSPS) is 12.3. The van der Waals surface area contributed by atoms with Gasteiger partial charge in [0, 0.05) is 22.4 Å². The highest BCUT2D eigenvalue weighted by atomic mass is 32.2. The maximum Gasteiger partial charge on any atom is 0.501 e. The lowest BCUT2D eigenvalue weighted by molar-refractivity contribution is -0.0436. The minimum absolute atomic E-state index is 0.0253. The Hall–Kier alpha value is -2.88. The van der Waals surface area contributed by atoms with E-state index in [2.05, 4.69) is 10.6 Å². The van der Waals surface area contributed by atoms with Crippen LogP contribution in [0.1, 0.15) is 47.9 Å². The van der Waals surface area contributed by atoms with Gasteiger partial charge in [0.2, 0.25) is 0 Å². The zero-order valence-electron chi connectivity index (χ0n) is 16.5. The molecule has 30 heavy (non-hydrogen) atoms. The number of alkyl halides is 3. The minimum atomic E-state index is -5.48. The number of hydrogen-bond acceptors (Lipinski definition) is 4. The average molecular weight is 442 g/mol. The topological polar surface area (TPSA) is 92.3 Å². The van der Waals surface area contributed by atoms with Crippen molar-refractivity contribution in [2.75, 3.05) is 5.32 Å². The van der Waals surface area contributed by atoms with Crippen molar-refractivity contribution >= 4 is 27.3 Å². The third kappa shape index (κ3) is 5.38. The molecule has 2 aromatic rings. The van der Waals surface area contributed by atoms with Crippen molar-refractivity contribution < 1.29 is 31.2 Å². The van der Waals surface area contributed by atoms with Gasteiger partial charge in [-0.15, -0.1) is 0 Å². The van der Waals surface area contributed by atoms with E-state index in [1.54, 1.807) is 0 Å². The van der Waals surface area contributed by atoms with E-state index in [0.717, 1.165) is 30.7 Å². The Morgan fingerprint density at radius 1 is 0.867 bits per heavy atom. The molecule has 0 aliphatic heterocycles. The summed E-state index contributed by atoms with van der Waals surface area (Å²) >= 11 is 0. The van der Waals surface area contributed by atoms with E-state index in [-0.39, 0.29) is 17.0 Å². The summed E-state index contributed by atoms with van der Waals surface area (Å²) in [6, 6.07) is 9.49. The predicted octanol–water partition coefficient (Wildman–Crippen LogP) is 4.15. The van der Waals surface area contributed by atoms with Crippen LogP contribution in [0.2, 0.25) is 0 Å². The fraction of sp³-hybridized carbons (Fsp3) is 0.300. The van der Waals surface area contributed by atoms with Crippen molar-refractivity contribution in [2.45, 2.75) is 43.1 Å². The molecule has 2 aromatic carbocycles. The number of anilines is 1. The summed E-state index contributed by atoms with van der Waals surface area (Å²) in [4.78, 5) is 23.5. The molecule has 0 heterocycles. The quantitative estimate of drug-likeness (QED) is 0.703. The number of benzene rings is 2. The molecular formula is C20H21F3N2O4S. The van der Waals surface area contributed by atoms with Gasteiger partial charge in [-0.05, 0) is 68.8 Å². The lowest BCUT2D eigenvalue weighted by Crippen LogP contribution is -2.42. The van der Waals surface area contributed by atoms with Crippen LogP contribution < -0.4 is 10.6 Å². The molecule has 10 heteroatoms. The van der Waals surface area contributed by atoms with Gasteiger partial charge in [-0.25, -0.2) is 8.42 Å². The standard InChI is InChI=1S/C20H21F3N2O4S/c1-4-19(2,3)25-18(27)14-5-9-15(10-6-14)24-17(26)13-7-11-16(12-8-13)30(28,29)20(21,22)23/h5-12H,4H2,1-3H3,(H,24,26)(H,25,27). The lowest BCUT2D eigenvalue weighted by Gasteiger charge is -2.24. The van der Waals surface area contributed by atoms with Crippen LogP contribution >= 0.6 is 0 Å². The smallest absolute Gasteiger partial charge is 0.347 e. The number of amides is 2. The van der Waals surface area contributed by atoms with Crippen molar-refractivity contribution in [3.63, 3.8) is 0 Å². The Balaban J connectivity index is 2.09. The number of nitrogens with one attached hydrogen (secondary N) is 2. The molecule has 2 amide bonds. The molecule has 0 saturated heterocycles. The van der Waals surface area contributed by atoms with Crippen molar-refractivity contribution in [2.24, 2.45) is 0 Å². The van der Waals surface area contributed by atoms with E-state index in [0.29, 0.717) is 11.3 Å². The van der Waals surface area contributed by atoms with Crippen molar-refractivity contribution in [1.29, 1.82) is 0 Å². The molecule has 0 atom stereocenters. The second kappa shape index (κ2) is 8.47. The summed E-state index contributed by atoms with van der Waals surface area (Å²) < 4.78 is 60.4. The second-order valence-corrected chi connectivity index (χ2v) is 9.14. The molecule has 0 unspecified atom stereocenters. The maximum atomic E-state index is 12.6. The highest BCUT2D eigenvalue weighted by molar-refractivity contribution is 7.92. The van der Waals surface area contributed by atoms with E-state index in [1.165, 1.54) is 24.3 Å². The Morgan fingerprint density at radius 3 is 1.80 bits per heavy atom. The predicted molar refractivity (Wildman–Crippen MR) is 106 cm³/mol. The zero-order valence-corrected chi connectivity index (χ0v) is 17.3. The van der Waals surface area contributed by atoms with Gasteiger partial charge < -0.3 is 10.6 Å². The van der Waals surface area contributed by atoms with Crippen LogP contribution in [-0.4, -0.2) is 31.3 Å². The number of carbonyl (C=O) groups excluding carboxylic acids is 2. The molecule has 0 aromatic heterocycles. The third-order valence-corrected chi connectivity index (χ3v) is 5.97. The molecule has 0 fully saturated rings. The number of hydrogen-bond donors (Lipinski definition) is 2. The van der Waals surface area contributed by atoms with Crippen LogP contribution in [0.4, 0.5) is 18.9 Å². The maximum absolute atomic E-state index is 12.6. The van der Waals surface area contributed by atoms with Gasteiger partial charge >= 0.3 is 5.51 Å². The van der Waals surface area contributed by atoms with Crippen molar-refractivity contribution in [1.82, 2.24) is 5.32 Å². The number of halogens is 3. The highest BCUT2D eigenvalue weighted by Crippen LogP contribution is 2.30. The Morgan fingerprint density at radius 2 is 1.33 bits per heavy atom. The first kappa shape index (κ1) is 23.4. The fourth-order valence-electron chi connectivity index (χ4n) is 2.30.